The Bertz CT molecular complexity index is 310. The zero-order chi connectivity index (χ0) is 11.3. The number of hydrogen-bond donors (Lipinski definition) is 1. The van der Waals surface area contributed by atoms with E-state index in [0.29, 0.717) is 5.88 Å². The van der Waals surface area contributed by atoms with Crippen molar-refractivity contribution in [2.75, 3.05) is 5.88 Å². The van der Waals surface area contributed by atoms with Crippen molar-refractivity contribution in [2.45, 2.75) is 39.3 Å². The first-order chi connectivity index (χ1) is 7.03. The molecule has 0 unspecified atom stereocenters. The molecular formula is C12H19ClN2. The molecule has 0 radical (unpaired) electrons. The van der Waals surface area contributed by atoms with E-state index in [0.717, 1.165) is 24.4 Å². The van der Waals surface area contributed by atoms with Gasteiger partial charge < -0.3 is 5.32 Å². The maximum atomic E-state index is 5.74. The van der Waals surface area contributed by atoms with E-state index in [2.05, 4.69) is 24.1 Å². The smallest absolute Gasteiger partial charge is 0.0545 e. The molecule has 1 N–H and O–H groups in total. The Morgan fingerprint density at radius 2 is 2.13 bits per heavy atom. The lowest BCUT2D eigenvalue weighted by molar-refractivity contribution is 0.374. The Balaban J connectivity index is 2.49. The Kier molecular flexibility index (Phi) is 4.55. The third-order valence-electron chi connectivity index (χ3n) is 2.41. The normalized spacial score (nSPS) is 11.7. The fourth-order valence-electron chi connectivity index (χ4n) is 1.35. The predicted molar refractivity (Wildman–Crippen MR) is 65.2 cm³/mol. The van der Waals surface area contributed by atoms with E-state index in [1.807, 2.05) is 25.1 Å². The minimum atomic E-state index is 0.0766. The van der Waals surface area contributed by atoms with Crippen LogP contribution in [0.15, 0.2) is 18.2 Å². The molecule has 0 aromatic carbocycles. The molecule has 0 atom stereocenters. The molecule has 1 aromatic heterocycles. The maximum Gasteiger partial charge on any atom is 0.0545 e. The van der Waals surface area contributed by atoms with Crippen LogP contribution in [0.2, 0.25) is 0 Å². The number of aromatic nitrogens is 1. The standard InChI is InChI=1S/C12H19ClN2/c1-10-5-4-6-11(15-10)9-14-12(2,3)7-8-13/h4-6,14H,7-9H2,1-3H3. The molecule has 2 nitrogen and oxygen atoms in total. The number of pyridine rings is 1. The van der Waals surface area contributed by atoms with Gasteiger partial charge in [-0.05, 0) is 39.3 Å². The minimum absolute atomic E-state index is 0.0766. The summed E-state index contributed by atoms with van der Waals surface area (Å²) in [6, 6.07) is 6.08. The van der Waals surface area contributed by atoms with Gasteiger partial charge in [0.05, 0.1) is 5.69 Å². The lowest BCUT2D eigenvalue weighted by Crippen LogP contribution is -2.39. The Labute approximate surface area is 97.1 Å². The number of nitrogens with zero attached hydrogens (tertiary/aromatic N) is 1. The molecule has 1 rings (SSSR count). The highest BCUT2D eigenvalue weighted by Crippen LogP contribution is 2.10. The van der Waals surface area contributed by atoms with Crippen LogP contribution >= 0.6 is 11.6 Å². The van der Waals surface area contributed by atoms with Crippen LogP contribution in [-0.2, 0) is 6.54 Å². The third-order valence-corrected chi connectivity index (χ3v) is 2.60. The van der Waals surface area contributed by atoms with Gasteiger partial charge in [-0.15, -0.1) is 11.6 Å². The summed E-state index contributed by atoms with van der Waals surface area (Å²) in [4.78, 5) is 4.44. The molecule has 0 saturated heterocycles. The van der Waals surface area contributed by atoms with E-state index in [9.17, 15) is 0 Å². The fraction of sp³-hybridized carbons (Fsp3) is 0.583. The van der Waals surface area contributed by atoms with Gasteiger partial charge in [-0.1, -0.05) is 6.07 Å². The van der Waals surface area contributed by atoms with Crippen molar-refractivity contribution in [3.05, 3.63) is 29.6 Å². The van der Waals surface area contributed by atoms with Crippen LogP contribution < -0.4 is 5.32 Å². The van der Waals surface area contributed by atoms with E-state index >= 15 is 0 Å². The first-order valence-corrected chi connectivity index (χ1v) is 5.80. The summed E-state index contributed by atoms with van der Waals surface area (Å²) in [5.41, 5.74) is 2.22. The SMILES string of the molecule is Cc1cccc(CNC(C)(C)CCCl)n1. The van der Waals surface area contributed by atoms with Gasteiger partial charge in [-0.25, -0.2) is 0 Å². The molecule has 0 fully saturated rings. The van der Waals surface area contributed by atoms with Crippen LogP contribution in [0.4, 0.5) is 0 Å². The molecule has 0 saturated carbocycles. The quantitative estimate of drug-likeness (QED) is 0.781. The summed E-state index contributed by atoms with van der Waals surface area (Å²) < 4.78 is 0. The van der Waals surface area contributed by atoms with E-state index in [1.165, 1.54) is 0 Å². The maximum absolute atomic E-state index is 5.74. The first-order valence-electron chi connectivity index (χ1n) is 5.27. The summed E-state index contributed by atoms with van der Waals surface area (Å²) in [6.45, 7) is 7.12. The van der Waals surface area contributed by atoms with Crippen molar-refractivity contribution < 1.29 is 0 Å². The second-order valence-corrected chi connectivity index (χ2v) is 4.82. The van der Waals surface area contributed by atoms with Crippen molar-refractivity contribution in [2.24, 2.45) is 0 Å². The molecule has 0 aliphatic carbocycles. The zero-order valence-corrected chi connectivity index (χ0v) is 10.4. The first kappa shape index (κ1) is 12.5. The second-order valence-electron chi connectivity index (χ2n) is 4.45. The lowest BCUT2D eigenvalue weighted by atomic mass is 10.0. The second kappa shape index (κ2) is 5.47. The van der Waals surface area contributed by atoms with E-state index < -0.39 is 0 Å². The summed E-state index contributed by atoms with van der Waals surface area (Å²) in [6.07, 6.45) is 0.959. The summed E-state index contributed by atoms with van der Waals surface area (Å²) in [5, 5.41) is 3.46. The highest BCUT2D eigenvalue weighted by atomic mass is 35.5. The van der Waals surface area contributed by atoms with Crippen LogP contribution in [0.25, 0.3) is 0 Å². The molecule has 0 spiro atoms. The summed E-state index contributed by atoms with van der Waals surface area (Å²) >= 11 is 5.74. The van der Waals surface area contributed by atoms with Crippen LogP contribution in [-0.4, -0.2) is 16.4 Å². The van der Waals surface area contributed by atoms with E-state index in [4.69, 9.17) is 11.6 Å². The highest BCUT2D eigenvalue weighted by Gasteiger charge is 2.15. The van der Waals surface area contributed by atoms with Gasteiger partial charge in [0.2, 0.25) is 0 Å². The number of rotatable bonds is 5. The Morgan fingerprint density at radius 3 is 2.73 bits per heavy atom. The van der Waals surface area contributed by atoms with Crippen LogP contribution in [0.3, 0.4) is 0 Å². The number of nitrogens with one attached hydrogen (secondary N) is 1. The molecule has 1 aromatic rings. The Morgan fingerprint density at radius 1 is 1.40 bits per heavy atom. The van der Waals surface area contributed by atoms with Crippen molar-refractivity contribution >= 4 is 11.6 Å². The van der Waals surface area contributed by atoms with Crippen LogP contribution in [0.5, 0.6) is 0 Å². The molecule has 1 heterocycles. The molecule has 0 aliphatic heterocycles. The molecule has 0 bridgehead atoms. The van der Waals surface area contributed by atoms with Gasteiger partial charge in [0.1, 0.15) is 0 Å². The van der Waals surface area contributed by atoms with Crippen LogP contribution in [0.1, 0.15) is 31.7 Å². The number of halogens is 1. The van der Waals surface area contributed by atoms with E-state index in [-0.39, 0.29) is 5.54 Å². The van der Waals surface area contributed by atoms with Crippen molar-refractivity contribution in [1.82, 2.24) is 10.3 Å². The average Bonchev–Trinajstić information content (AvgIpc) is 2.15. The van der Waals surface area contributed by atoms with Gasteiger partial charge >= 0.3 is 0 Å². The summed E-state index contributed by atoms with van der Waals surface area (Å²) in [7, 11) is 0. The van der Waals surface area contributed by atoms with Gasteiger partial charge in [0.25, 0.3) is 0 Å². The monoisotopic (exact) mass is 226 g/mol. The van der Waals surface area contributed by atoms with Gasteiger partial charge in [-0.2, -0.15) is 0 Å². The molecule has 0 aliphatic rings. The average molecular weight is 227 g/mol. The molecule has 84 valence electrons. The number of aryl methyl sites for hydroxylation is 1. The van der Waals surface area contributed by atoms with Crippen molar-refractivity contribution in [3.63, 3.8) is 0 Å². The van der Waals surface area contributed by atoms with Gasteiger partial charge in [0.15, 0.2) is 0 Å². The fourth-order valence-corrected chi connectivity index (χ4v) is 1.82. The van der Waals surface area contributed by atoms with E-state index in [1.54, 1.807) is 0 Å². The van der Waals surface area contributed by atoms with Gasteiger partial charge in [-0.3, -0.25) is 4.98 Å². The molecular weight excluding hydrogens is 208 g/mol. The van der Waals surface area contributed by atoms with Crippen molar-refractivity contribution in [3.8, 4) is 0 Å². The topological polar surface area (TPSA) is 24.9 Å². The zero-order valence-electron chi connectivity index (χ0n) is 9.68. The minimum Gasteiger partial charge on any atom is -0.306 e. The third kappa shape index (κ3) is 4.63. The van der Waals surface area contributed by atoms with Crippen LogP contribution in [0, 0.1) is 6.92 Å². The molecule has 3 heteroatoms. The highest BCUT2D eigenvalue weighted by molar-refractivity contribution is 6.17. The Hall–Kier alpha value is -0.600. The predicted octanol–water partition coefficient (Wildman–Crippen LogP) is 2.89. The molecule has 0 amide bonds. The number of alkyl halides is 1. The largest absolute Gasteiger partial charge is 0.306 e. The van der Waals surface area contributed by atoms with Crippen molar-refractivity contribution in [1.29, 1.82) is 0 Å². The number of hydrogen-bond acceptors (Lipinski definition) is 2. The molecule has 15 heavy (non-hydrogen) atoms. The van der Waals surface area contributed by atoms with Gasteiger partial charge in [0, 0.05) is 23.7 Å². The summed E-state index contributed by atoms with van der Waals surface area (Å²) in [5.74, 6) is 0.682. The lowest BCUT2D eigenvalue weighted by Gasteiger charge is -2.25.